The molecule has 1 aromatic carbocycles. The van der Waals surface area contributed by atoms with Crippen LogP contribution in [0.5, 0.6) is 5.75 Å². The third-order valence-electron chi connectivity index (χ3n) is 4.59. The predicted octanol–water partition coefficient (Wildman–Crippen LogP) is 3.07. The number of hydrogen-bond donors (Lipinski definition) is 0. The first-order valence-corrected chi connectivity index (χ1v) is 7.21. The summed E-state index contributed by atoms with van der Waals surface area (Å²) in [5, 5.41) is 0. The molecule has 1 fully saturated rings. The summed E-state index contributed by atoms with van der Waals surface area (Å²) in [6.07, 6.45) is 3.84. The number of ether oxygens (including phenoxy) is 1. The highest BCUT2D eigenvalue weighted by atomic mass is 16.5. The normalized spacial score (nSPS) is 26.8. The fourth-order valence-corrected chi connectivity index (χ4v) is 3.83. The Kier molecular flexibility index (Phi) is 3.29. The molecule has 0 amide bonds. The molecule has 1 saturated heterocycles. The zero-order chi connectivity index (χ0) is 12.5. The van der Waals surface area contributed by atoms with Crippen molar-refractivity contribution in [2.75, 3.05) is 26.7 Å². The van der Waals surface area contributed by atoms with Crippen molar-refractivity contribution in [3.63, 3.8) is 0 Å². The quantitative estimate of drug-likeness (QED) is 0.811. The van der Waals surface area contributed by atoms with Gasteiger partial charge in [-0.15, -0.1) is 0 Å². The van der Waals surface area contributed by atoms with E-state index in [1.54, 1.807) is 7.11 Å². The maximum absolute atomic E-state index is 5.60. The van der Waals surface area contributed by atoms with Gasteiger partial charge in [-0.05, 0) is 43.4 Å². The molecule has 18 heavy (non-hydrogen) atoms. The molecule has 0 unspecified atom stereocenters. The molecule has 1 aliphatic carbocycles. The Balaban J connectivity index is 1.92. The zero-order valence-electron chi connectivity index (χ0n) is 11.5. The van der Waals surface area contributed by atoms with Crippen LogP contribution >= 0.6 is 0 Å². The van der Waals surface area contributed by atoms with Crippen molar-refractivity contribution in [3.05, 3.63) is 29.3 Å². The summed E-state index contributed by atoms with van der Waals surface area (Å²) >= 11 is 0. The monoisotopic (exact) mass is 245 g/mol. The summed E-state index contributed by atoms with van der Waals surface area (Å²) < 4.78 is 5.60. The highest BCUT2D eigenvalue weighted by molar-refractivity contribution is 5.45. The van der Waals surface area contributed by atoms with Crippen LogP contribution in [0.25, 0.3) is 0 Å². The van der Waals surface area contributed by atoms with Gasteiger partial charge in [0.2, 0.25) is 0 Å². The number of aryl methyl sites for hydroxylation is 1. The van der Waals surface area contributed by atoms with Crippen molar-refractivity contribution in [2.24, 2.45) is 5.92 Å². The fraction of sp³-hybridized carbons (Fsp3) is 0.625. The number of hydrogen-bond acceptors (Lipinski definition) is 2. The van der Waals surface area contributed by atoms with E-state index in [4.69, 9.17) is 4.74 Å². The second-order valence-corrected chi connectivity index (χ2v) is 5.70. The summed E-state index contributed by atoms with van der Waals surface area (Å²) in [5.74, 6) is 2.66. The van der Waals surface area contributed by atoms with Gasteiger partial charge in [-0.25, -0.2) is 0 Å². The van der Waals surface area contributed by atoms with Crippen LogP contribution in [0.1, 0.15) is 36.8 Å². The van der Waals surface area contributed by atoms with E-state index in [-0.39, 0.29) is 0 Å². The molecule has 2 heteroatoms. The molecule has 0 N–H and O–H groups in total. The second kappa shape index (κ2) is 4.93. The average Bonchev–Trinajstić information content (AvgIpc) is 2.81. The highest BCUT2D eigenvalue weighted by Crippen LogP contribution is 2.45. The molecule has 1 aliphatic heterocycles. The molecule has 98 valence electrons. The van der Waals surface area contributed by atoms with Crippen LogP contribution in [0.3, 0.4) is 0 Å². The van der Waals surface area contributed by atoms with Gasteiger partial charge in [-0.2, -0.15) is 0 Å². The summed E-state index contributed by atoms with van der Waals surface area (Å²) in [6, 6.07) is 6.55. The minimum Gasteiger partial charge on any atom is -0.496 e. The molecule has 2 aliphatic rings. The standard InChI is InChI=1S/C16H23NO/c1-3-9-17-10-13-8-7-12-5-4-6-15(18-2)16(12)14(13)11-17/h4-6,13-14H,3,7-11H2,1-2H3/t13-,14+/m1/s1. The average molecular weight is 245 g/mol. The summed E-state index contributed by atoms with van der Waals surface area (Å²) in [5.41, 5.74) is 3.03. The van der Waals surface area contributed by atoms with Gasteiger partial charge in [0, 0.05) is 24.6 Å². The Hall–Kier alpha value is -1.02. The molecule has 0 spiro atoms. The lowest BCUT2D eigenvalue weighted by molar-refractivity contribution is 0.322. The fourth-order valence-electron chi connectivity index (χ4n) is 3.83. The zero-order valence-corrected chi connectivity index (χ0v) is 11.5. The van der Waals surface area contributed by atoms with Crippen molar-refractivity contribution in [1.82, 2.24) is 4.90 Å². The maximum Gasteiger partial charge on any atom is 0.122 e. The van der Waals surface area contributed by atoms with Crippen LogP contribution in [0.15, 0.2) is 18.2 Å². The van der Waals surface area contributed by atoms with E-state index in [1.807, 2.05) is 0 Å². The molecule has 0 bridgehead atoms. The van der Waals surface area contributed by atoms with Crippen molar-refractivity contribution < 1.29 is 4.74 Å². The molecule has 2 atom stereocenters. The summed E-state index contributed by atoms with van der Waals surface area (Å²) in [7, 11) is 1.80. The van der Waals surface area contributed by atoms with Gasteiger partial charge in [0.25, 0.3) is 0 Å². The Labute approximate surface area is 110 Å². The van der Waals surface area contributed by atoms with Gasteiger partial charge in [0.05, 0.1) is 7.11 Å². The van der Waals surface area contributed by atoms with E-state index in [9.17, 15) is 0 Å². The van der Waals surface area contributed by atoms with E-state index in [2.05, 4.69) is 30.0 Å². The van der Waals surface area contributed by atoms with Crippen LogP contribution in [0, 0.1) is 5.92 Å². The first kappa shape index (κ1) is 12.0. The maximum atomic E-state index is 5.60. The minimum atomic E-state index is 0.705. The van der Waals surface area contributed by atoms with Gasteiger partial charge in [0.1, 0.15) is 5.75 Å². The van der Waals surface area contributed by atoms with E-state index in [0.29, 0.717) is 5.92 Å². The predicted molar refractivity (Wildman–Crippen MR) is 74.3 cm³/mol. The van der Waals surface area contributed by atoms with E-state index in [0.717, 1.165) is 11.7 Å². The third-order valence-corrected chi connectivity index (χ3v) is 4.59. The number of benzene rings is 1. The van der Waals surface area contributed by atoms with Crippen molar-refractivity contribution >= 4 is 0 Å². The van der Waals surface area contributed by atoms with Crippen LogP contribution in [-0.2, 0) is 6.42 Å². The Morgan fingerprint density at radius 2 is 2.22 bits per heavy atom. The molecule has 2 nitrogen and oxygen atoms in total. The molecule has 1 aromatic rings. The molecule has 3 rings (SSSR count). The Morgan fingerprint density at radius 3 is 3.00 bits per heavy atom. The van der Waals surface area contributed by atoms with Crippen LogP contribution in [-0.4, -0.2) is 31.6 Å². The lowest BCUT2D eigenvalue weighted by Crippen LogP contribution is -2.21. The van der Waals surface area contributed by atoms with Gasteiger partial charge in [0.15, 0.2) is 0 Å². The Morgan fingerprint density at radius 1 is 1.33 bits per heavy atom. The van der Waals surface area contributed by atoms with Gasteiger partial charge < -0.3 is 9.64 Å². The topological polar surface area (TPSA) is 12.5 Å². The SMILES string of the molecule is CCCN1C[C@H]2CCc3cccc(OC)c3[C@H]2C1. The van der Waals surface area contributed by atoms with Crippen LogP contribution < -0.4 is 4.74 Å². The number of rotatable bonds is 3. The smallest absolute Gasteiger partial charge is 0.122 e. The molecule has 1 heterocycles. The third kappa shape index (κ3) is 1.93. The summed E-state index contributed by atoms with van der Waals surface area (Å²) in [6.45, 7) is 6.04. The van der Waals surface area contributed by atoms with Gasteiger partial charge >= 0.3 is 0 Å². The van der Waals surface area contributed by atoms with Crippen molar-refractivity contribution in [1.29, 1.82) is 0 Å². The van der Waals surface area contributed by atoms with Crippen LogP contribution in [0.2, 0.25) is 0 Å². The molecular weight excluding hydrogens is 222 g/mol. The second-order valence-electron chi connectivity index (χ2n) is 5.70. The molecule has 0 aromatic heterocycles. The Bertz CT molecular complexity index is 415. The highest BCUT2D eigenvalue weighted by Gasteiger charge is 2.38. The first-order chi connectivity index (χ1) is 8.83. The first-order valence-electron chi connectivity index (χ1n) is 7.21. The molecule has 0 saturated carbocycles. The molecule has 0 radical (unpaired) electrons. The van der Waals surface area contributed by atoms with E-state index in [1.165, 1.54) is 50.0 Å². The van der Waals surface area contributed by atoms with E-state index >= 15 is 0 Å². The number of likely N-dealkylation sites (tertiary alicyclic amines) is 1. The summed E-state index contributed by atoms with van der Waals surface area (Å²) in [4.78, 5) is 2.64. The number of fused-ring (bicyclic) bond motifs is 3. The van der Waals surface area contributed by atoms with Gasteiger partial charge in [-0.3, -0.25) is 0 Å². The van der Waals surface area contributed by atoms with Crippen molar-refractivity contribution in [3.8, 4) is 5.75 Å². The molecular formula is C16H23NO. The lowest BCUT2D eigenvalue weighted by Gasteiger charge is -2.28. The van der Waals surface area contributed by atoms with Crippen LogP contribution in [0.4, 0.5) is 0 Å². The van der Waals surface area contributed by atoms with Crippen molar-refractivity contribution in [2.45, 2.75) is 32.1 Å². The lowest BCUT2D eigenvalue weighted by atomic mass is 9.76. The number of nitrogens with zero attached hydrogens (tertiary/aromatic N) is 1. The van der Waals surface area contributed by atoms with E-state index < -0.39 is 0 Å². The minimum absolute atomic E-state index is 0.705. The van der Waals surface area contributed by atoms with Gasteiger partial charge in [-0.1, -0.05) is 19.1 Å². The number of methoxy groups -OCH3 is 1. The largest absolute Gasteiger partial charge is 0.496 e.